The summed E-state index contributed by atoms with van der Waals surface area (Å²) in [5.74, 6) is 0.302. The van der Waals surface area contributed by atoms with Crippen molar-refractivity contribution in [2.24, 2.45) is 11.8 Å². The van der Waals surface area contributed by atoms with Gasteiger partial charge in [-0.15, -0.1) is 0 Å². The average molecular weight is 450 g/mol. The highest BCUT2D eigenvalue weighted by Crippen LogP contribution is 2.34. The minimum atomic E-state index is -3.62. The van der Waals surface area contributed by atoms with Gasteiger partial charge in [0.15, 0.2) is 0 Å². The molecule has 7 nitrogen and oxygen atoms in total. The Hall–Kier alpha value is -1.93. The van der Waals surface area contributed by atoms with Crippen LogP contribution in [0.5, 0.6) is 0 Å². The maximum absolute atomic E-state index is 12.8. The van der Waals surface area contributed by atoms with Crippen molar-refractivity contribution in [3.63, 3.8) is 0 Å². The predicted molar refractivity (Wildman–Crippen MR) is 121 cm³/mol. The lowest BCUT2D eigenvalue weighted by Gasteiger charge is -2.30. The van der Waals surface area contributed by atoms with Gasteiger partial charge in [0.1, 0.15) is 0 Å². The van der Waals surface area contributed by atoms with Crippen LogP contribution in [-0.2, 0) is 26.0 Å². The number of sulfonamides is 1. The average Bonchev–Trinajstić information content (AvgIpc) is 3.00. The molecular formula is C23H35N3O4S. The smallest absolute Gasteiger partial charge is 0.240 e. The molecule has 0 radical (unpaired) electrons. The van der Waals surface area contributed by atoms with E-state index in [0.717, 1.165) is 36.9 Å². The number of carbonyl (C=O) groups is 2. The molecule has 0 saturated heterocycles. The van der Waals surface area contributed by atoms with Crippen LogP contribution in [0.15, 0.2) is 23.1 Å². The van der Waals surface area contributed by atoms with Gasteiger partial charge in [-0.05, 0) is 89.5 Å². The van der Waals surface area contributed by atoms with E-state index in [9.17, 15) is 18.0 Å². The molecule has 31 heavy (non-hydrogen) atoms. The summed E-state index contributed by atoms with van der Waals surface area (Å²) < 4.78 is 28.4. The van der Waals surface area contributed by atoms with E-state index < -0.39 is 10.0 Å². The monoisotopic (exact) mass is 449 g/mol. The van der Waals surface area contributed by atoms with Gasteiger partial charge in [-0.25, -0.2) is 13.1 Å². The first-order valence-electron chi connectivity index (χ1n) is 11.1. The molecule has 172 valence electrons. The minimum Gasteiger partial charge on any atom is -0.351 e. The molecule has 0 spiro atoms. The van der Waals surface area contributed by atoms with Gasteiger partial charge in [-0.3, -0.25) is 9.59 Å². The molecule has 2 aliphatic rings. The summed E-state index contributed by atoms with van der Waals surface area (Å²) in [5, 5.41) is 3.04. The number of rotatable bonds is 5. The van der Waals surface area contributed by atoms with Crippen LogP contribution in [0, 0.1) is 11.8 Å². The highest BCUT2D eigenvalue weighted by Gasteiger charge is 2.31. The zero-order valence-corrected chi connectivity index (χ0v) is 20.0. The SMILES string of the molecule is CC(=O)N1c2ccc(S(=O)(=O)NCC3CCC(C(=O)NC(C)(C)C)CC3)cc2C[C@@H]1C. The third kappa shape index (κ3) is 5.66. The fourth-order valence-corrected chi connectivity index (χ4v) is 5.83. The zero-order valence-electron chi connectivity index (χ0n) is 19.2. The van der Waals surface area contributed by atoms with Gasteiger partial charge in [-0.2, -0.15) is 0 Å². The maximum Gasteiger partial charge on any atom is 0.240 e. The van der Waals surface area contributed by atoms with E-state index in [4.69, 9.17) is 0 Å². The van der Waals surface area contributed by atoms with Crippen molar-refractivity contribution < 1.29 is 18.0 Å². The van der Waals surface area contributed by atoms with E-state index >= 15 is 0 Å². The lowest BCUT2D eigenvalue weighted by atomic mass is 9.81. The Balaban J connectivity index is 1.57. The number of hydrogen-bond donors (Lipinski definition) is 2. The summed E-state index contributed by atoms with van der Waals surface area (Å²) in [7, 11) is -3.62. The molecule has 2 N–H and O–H groups in total. The summed E-state index contributed by atoms with van der Waals surface area (Å²) in [6, 6.07) is 5.02. The second-order valence-corrected chi connectivity index (χ2v) is 11.8. The topological polar surface area (TPSA) is 95.6 Å². The molecule has 0 bridgehead atoms. The Bertz CT molecular complexity index is 944. The van der Waals surface area contributed by atoms with Crippen molar-refractivity contribution in [2.45, 2.75) is 83.2 Å². The Morgan fingerprint density at radius 2 is 1.77 bits per heavy atom. The van der Waals surface area contributed by atoms with E-state index in [0.29, 0.717) is 13.0 Å². The second kappa shape index (κ2) is 8.90. The van der Waals surface area contributed by atoms with Gasteiger partial charge in [0.05, 0.1) is 4.90 Å². The molecule has 0 aromatic heterocycles. The molecule has 1 saturated carbocycles. The van der Waals surface area contributed by atoms with E-state index in [1.165, 1.54) is 6.92 Å². The van der Waals surface area contributed by atoms with Crippen molar-refractivity contribution in [1.29, 1.82) is 0 Å². The maximum atomic E-state index is 12.8. The van der Waals surface area contributed by atoms with Crippen LogP contribution < -0.4 is 14.9 Å². The standard InChI is InChI=1S/C23H35N3O4S/c1-15-12-19-13-20(10-11-21(19)26(15)16(2)27)31(29,30)24-14-17-6-8-18(9-7-17)22(28)25-23(3,4)5/h10-11,13,15,17-18,24H,6-9,12,14H2,1-5H3,(H,25,28)/t15-,17?,18?/m0/s1. The number of benzene rings is 1. The van der Waals surface area contributed by atoms with Crippen LogP contribution in [0.25, 0.3) is 0 Å². The van der Waals surface area contributed by atoms with Crippen molar-refractivity contribution in [3.05, 3.63) is 23.8 Å². The lowest BCUT2D eigenvalue weighted by molar-refractivity contribution is -0.127. The molecule has 8 heteroatoms. The minimum absolute atomic E-state index is 0.00926. The molecule has 1 aliphatic carbocycles. The number of nitrogens with zero attached hydrogens (tertiary/aromatic N) is 1. The molecule has 1 aliphatic heterocycles. The number of carbonyl (C=O) groups excluding carboxylic acids is 2. The first kappa shape index (κ1) is 23.7. The van der Waals surface area contributed by atoms with Crippen LogP contribution in [0.4, 0.5) is 5.69 Å². The number of amides is 2. The van der Waals surface area contributed by atoms with Crippen molar-refractivity contribution in [1.82, 2.24) is 10.0 Å². The predicted octanol–water partition coefficient (Wildman–Crippen LogP) is 2.98. The van der Waals surface area contributed by atoms with E-state index in [-0.39, 0.29) is 40.1 Å². The van der Waals surface area contributed by atoms with Gasteiger partial charge in [0.25, 0.3) is 0 Å². The highest BCUT2D eigenvalue weighted by atomic mass is 32.2. The number of anilines is 1. The summed E-state index contributed by atoms with van der Waals surface area (Å²) in [6.45, 7) is 9.79. The molecular weight excluding hydrogens is 414 g/mol. The first-order chi connectivity index (χ1) is 14.4. The number of fused-ring (bicyclic) bond motifs is 1. The number of hydrogen-bond acceptors (Lipinski definition) is 4. The van der Waals surface area contributed by atoms with Gasteiger partial charge in [-0.1, -0.05) is 0 Å². The highest BCUT2D eigenvalue weighted by molar-refractivity contribution is 7.89. The lowest BCUT2D eigenvalue weighted by Crippen LogP contribution is -2.45. The van der Waals surface area contributed by atoms with E-state index in [1.54, 1.807) is 23.1 Å². The normalized spacial score (nSPS) is 24.0. The van der Waals surface area contributed by atoms with Crippen molar-refractivity contribution in [2.75, 3.05) is 11.4 Å². The Morgan fingerprint density at radius 3 is 2.35 bits per heavy atom. The number of nitrogens with one attached hydrogen (secondary N) is 2. The van der Waals surface area contributed by atoms with Crippen LogP contribution in [-0.4, -0.2) is 38.4 Å². The molecule has 3 rings (SSSR count). The van der Waals surface area contributed by atoms with E-state index in [1.807, 2.05) is 27.7 Å². The molecule has 1 fully saturated rings. The second-order valence-electron chi connectivity index (χ2n) is 10.0. The molecule has 0 unspecified atom stereocenters. The fraction of sp³-hybridized carbons (Fsp3) is 0.652. The molecule has 1 aromatic carbocycles. The quantitative estimate of drug-likeness (QED) is 0.722. The largest absolute Gasteiger partial charge is 0.351 e. The third-order valence-corrected chi connectivity index (χ3v) is 7.62. The molecule has 1 atom stereocenters. The van der Waals surface area contributed by atoms with Gasteiger partial charge in [0, 0.05) is 36.7 Å². The fourth-order valence-electron chi connectivity index (χ4n) is 4.67. The van der Waals surface area contributed by atoms with Gasteiger partial charge >= 0.3 is 0 Å². The molecule has 1 aromatic rings. The summed E-state index contributed by atoms with van der Waals surface area (Å²) in [5.41, 5.74) is 1.44. The third-order valence-electron chi connectivity index (χ3n) is 6.19. The van der Waals surface area contributed by atoms with Gasteiger partial charge in [0.2, 0.25) is 21.8 Å². The zero-order chi connectivity index (χ0) is 23.0. The Morgan fingerprint density at radius 1 is 1.13 bits per heavy atom. The summed E-state index contributed by atoms with van der Waals surface area (Å²) in [6.07, 6.45) is 3.89. The van der Waals surface area contributed by atoms with Crippen LogP contribution in [0.2, 0.25) is 0 Å². The first-order valence-corrected chi connectivity index (χ1v) is 12.6. The van der Waals surface area contributed by atoms with Crippen LogP contribution in [0.1, 0.15) is 65.9 Å². The van der Waals surface area contributed by atoms with Crippen molar-refractivity contribution in [3.8, 4) is 0 Å². The summed E-state index contributed by atoms with van der Waals surface area (Å²) in [4.78, 5) is 26.2. The van der Waals surface area contributed by atoms with Crippen molar-refractivity contribution >= 4 is 27.5 Å². The Labute approximate surface area is 186 Å². The van der Waals surface area contributed by atoms with Crippen LogP contribution >= 0.6 is 0 Å². The summed E-state index contributed by atoms with van der Waals surface area (Å²) >= 11 is 0. The van der Waals surface area contributed by atoms with Crippen LogP contribution in [0.3, 0.4) is 0 Å². The van der Waals surface area contributed by atoms with Gasteiger partial charge < -0.3 is 10.2 Å². The molecule has 1 heterocycles. The Kier molecular flexibility index (Phi) is 6.81. The van der Waals surface area contributed by atoms with E-state index in [2.05, 4.69) is 10.0 Å². The molecule has 2 amide bonds.